The van der Waals surface area contributed by atoms with Crippen LogP contribution < -0.4 is 15.4 Å². The van der Waals surface area contributed by atoms with Crippen LogP contribution in [0.25, 0.3) is 0 Å². The van der Waals surface area contributed by atoms with Gasteiger partial charge in [0, 0.05) is 19.3 Å². The molecule has 0 heterocycles. The fourth-order valence-electron chi connectivity index (χ4n) is 1.76. The lowest BCUT2D eigenvalue weighted by Crippen LogP contribution is -2.41. The first-order chi connectivity index (χ1) is 8.49. The zero-order valence-corrected chi connectivity index (χ0v) is 11.0. The molecule has 1 rings (SSSR count). The number of rotatable bonds is 6. The van der Waals surface area contributed by atoms with Gasteiger partial charge in [0.15, 0.2) is 0 Å². The number of nitrogens with zero attached hydrogens (tertiary/aromatic N) is 1. The molecule has 0 fully saturated rings. The molecule has 1 unspecified atom stereocenters. The first kappa shape index (κ1) is 14.3. The molecule has 3 N–H and O–H groups in total. The third-order valence-electron chi connectivity index (χ3n) is 2.87. The molecule has 0 aliphatic heterocycles. The second kappa shape index (κ2) is 6.26. The minimum atomic E-state index is -0.994. The van der Waals surface area contributed by atoms with Crippen molar-refractivity contribution in [1.29, 1.82) is 0 Å². The van der Waals surface area contributed by atoms with Crippen molar-refractivity contribution in [2.45, 2.75) is 19.4 Å². The Balaban J connectivity index is 2.86. The summed E-state index contributed by atoms with van der Waals surface area (Å²) in [4.78, 5) is 12.5. The van der Waals surface area contributed by atoms with Crippen molar-refractivity contribution in [2.75, 3.05) is 25.6 Å². The molecule has 1 aromatic rings. The number of carbonyl (C=O) groups is 1. The molecule has 0 aliphatic rings. The number of ether oxygens (including phenoxy) is 1. The van der Waals surface area contributed by atoms with E-state index in [9.17, 15) is 4.79 Å². The summed E-state index contributed by atoms with van der Waals surface area (Å²) in [6.07, 6.45) is 0.857. The minimum Gasteiger partial charge on any atom is -0.496 e. The van der Waals surface area contributed by atoms with Crippen LogP contribution in [-0.4, -0.2) is 37.8 Å². The highest BCUT2D eigenvalue weighted by Gasteiger charge is 2.15. The van der Waals surface area contributed by atoms with Gasteiger partial charge in [0.2, 0.25) is 0 Å². The van der Waals surface area contributed by atoms with Crippen molar-refractivity contribution < 1.29 is 14.6 Å². The lowest BCUT2D eigenvalue weighted by Gasteiger charge is -2.22. The highest BCUT2D eigenvalue weighted by Crippen LogP contribution is 2.24. The highest BCUT2D eigenvalue weighted by atomic mass is 16.5. The average molecular weight is 252 g/mol. The number of hydrogen-bond donors (Lipinski definition) is 2. The molecule has 0 spiro atoms. The molecule has 0 radical (unpaired) electrons. The Labute approximate surface area is 107 Å². The quantitative estimate of drug-likeness (QED) is 0.793. The molecule has 0 aromatic heterocycles. The van der Waals surface area contributed by atoms with Crippen molar-refractivity contribution in [2.24, 2.45) is 5.73 Å². The van der Waals surface area contributed by atoms with Crippen LogP contribution in [0.4, 0.5) is 5.69 Å². The maximum atomic E-state index is 10.7. The Morgan fingerprint density at radius 3 is 2.72 bits per heavy atom. The van der Waals surface area contributed by atoms with Gasteiger partial charge in [-0.1, -0.05) is 6.92 Å². The van der Waals surface area contributed by atoms with E-state index in [1.165, 1.54) is 0 Å². The van der Waals surface area contributed by atoms with Crippen LogP contribution in [0.2, 0.25) is 0 Å². The Hall–Kier alpha value is -1.75. The van der Waals surface area contributed by atoms with Crippen LogP contribution in [0.5, 0.6) is 5.75 Å². The summed E-state index contributed by atoms with van der Waals surface area (Å²) in [7, 11) is 3.46. The van der Waals surface area contributed by atoms with Gasteiger partial charge in [-0.25, -0.2) is 0 Å². The predicted molar refractivity (Wildman–Crippen MR) is 71.3 cm³/mol. The fourth-order valence-corrected chi connectivity index (χ4v) is 1.76. The monoisotopic (exact) mass is 252 g/mol. The van der Waals surface area contributed by atoms with E-state index < -0.39 is 12.0 Å². The van der Waals surface area contributed by atoms with Crippen LogP contribution in [0.15, 0.2) is 18.2 Å². The van der Waals surface area contributed by atoms with Crippen LogP contribution >= 0.6 is 0 Å². The van der Waals surface area contributed by atoms with Crippen molar-refractivity contribution in [3.63, 3.8) is 0 Å². The highest BCUT2D eigenvalue weighted by molar-refractivity contribution is 5.74. The Morgan fingerprint density at radius 1 is 1.56 bits per heavy atom. The summed E-state index contributed by atoms with van der Waals surface area (Å²) in [6.45, 7) is 2.31. The van der Waals surface area contributed by atoms with E-state index in [0.29, 0.717) is 0 Å². The van der Waals surface area contributed by atoms with Gasteiger partial charge in [0.1, 0.15) is 11.8 Å². The molecule has 1 aromatic carbocycles. The van der Waals surface area contributed by atoms with Crippen LogP contribution in [0.3, 0.4) is 0 Å². The van der Waals surface area contributed by atoms with E-state index in [4.69, 9.17) is 15.6 Å². The van der Waals surface area contributed by atoms with Gasteiger partial charge in [-0.15, -0.1) is 0 Å². The topological polar surface area (TPSA) is 75.8 Å². The summed E-state index contributed by atoms with van der Waals surface area (Å²) in [6, 6.07) is 4.89. The molecule has 100 valence electrons. The molecule has 0 bridgehead atoms. The molecule has 0 amide bonds. The SMILES string of the molecule is CCc1cc(N(C)CC(N)C(=O)O)ccc1OC. The number of methoxy groups -OCH3 is 1. The second-order valence-electron chi connectivity index (χ2n) is 4.17. The number of aryl methyl sites for hydroxylation is 1. The molecule has 0 saturated heterocycles. The van der Waals surface area contributed by atoms with Gasteiger partial charge in [-0.2, -0.15) is 0 Å². The molecule has 5 nitrogen and oxygen atoms in total. The molecular formula is C13H20N2O3. The first-order valence-electron chi connectivity index (χ1n) is 5.86. The summed E-state index contributed by atoms with van der Waals surface area (Å²) in [5.41, 5.74) is 7.54. The van der Waals surface area contributed by atoms with Gasteiger partial charge in [-0.05, 0) is 30.2 Å². The number of likely N-dealkylation sites (N-methyl/N-ethyl adjacent to an activating group) is 1. The third kappa shape index (κ3) is 3.37. The zero-order chi connectivity index (χ0) is 13.7. The number of hydrogen-bond acceptors (Lipinski definition) is 4. The number of nitrogens with two attached hydrogens (primary N) is 1. The predicted octanol–water partition coefficient (Wildman–Crippen LogP) is 1.11. The van der Waals surface area contributed by atoms with Gasteiger partial charge >= 0.3 is 5.97 Å². The van der Waals surface area contributed by atoms with Gasteiger partial charge in [0.25, 0.3) is 0 Å². The van der Waals surface area contributed by atoms with Crippen LogP contribution in [0.1, 0.15) is 12.5 Å². The summed E-state index contributed by atoms with van der Waals surface area (Å²) in [5.74, 6) is -0.150. The average Bonchev–Trinajstić information content (AvgIpc) is 2.37. The Bertz CT molecular complexity index is 421. The van der Waals surface area contributed by atoms with E-state index in [1.54, 1.807) is 7.11 Å². The number of carboxylic acid groups (broad SMARTS) is 1. The normalized spacial score (nSPS) is 12.0. The third-order valence-corrected chi connectivity index (χ3v) is 2.87. The number of benzene rings is 1. The second-order valence-corrected chi connectivity index (χ2v) is 4.17. The number of aliphatic carboxylic acids is 1. The minimum absolute atomic E-state index is 0.269. The van der Waals surface area contributed by atoms with Crippen molar-refractivity contribution in [1.82, 2.24) is 0 Å². The summed E-state index contributed by atoms with van der Waals surface area (Å²) < 4.78 is 5.25. The molecule has 1 atom stereocenters. The molecule has 5 heteroatoms. The summed E-state index contributed by atoms with van der Waals surface area (Å²) >= 11 is 0. The largest absolute Gasteiger partial charge is 0.496 e. The molecule has 18 heavy (non-hydrogen) atoms. The number of carboxylic acids is 1. The van der Waals surface area contributed by atoms with Gasteiger partial charge in [-0.3, -0.25) is 4.79 Å². The lowest BCUT2D eigenvalue weighted by molar-refractivity contribution is -0.138. The maximum Gasteiger partial charge on any atom is 0.322 e. The van der Waals surface area contributed by atoms with Crippen molar-refractivity contribution >= 4 is 11.7 Å². The van der Waals surface area contributed by atoms with E-state index in [2.05, 4.69) is 0 Å². The van der Waals surface area contributed by atoms with E-state index in [-0.39, 0.29) is 6.54 Å². The number of anilines is 1. The van der Waals surface area contributed by atoms with Crippen LogP contribution in [0, 0.1) is 0 Å². The Morgan fingerprint density at radius 2 is 2.22 bits per heavy atom. The van der Waals surface area contributed by atoms with E-state index in [1.807, 2.05) is 37.1 Å². The maximum absolute atomic E-state index is 10.7. The van der Waals surface area contributed by atoms with E-state index >= 15 is 0 Å². The lowest BCUT2D eigenvalue weighted by atomic mass is 10.1. The first-order valence-corrected chi connectivity index (χ1v) is 5.86. The van der Waals surface area contributed by atoms with Gasteiger partial charge in [0.05, 0.1) is 7.11 Å². The van der Waals surface area contributed by atoms with Crippen molar-refractivity contribution in [3.8, 4) is 5.75 Å². The standard InChI is InChI=1S/C13H20N2O3/c1-4-9-7-10(5-6-12(9)18-3)15(2)8-11(14)13(16)17/h5-7,11H,4,8,14H2,1-3H3,(H,16,17). The van der Waals surface area contributed by atoms with Crippen molar-refractivity contribution in [3.05, 3.63) is 23.8 Å². The van der Waals surface area contributed by atoms with E-state index in [0.717, 1.165) is 23.4 Å². The Kier molecular flexibility index (Phi) is 4.97. The fraction of sp³-hybridized carbons (Fsp3) is 0.462. The van der Waals surface area contributed by atoms with Crippen LogP contribution in [-0.2, 0) is 11.2 Å². The smallest absolute Gasteiger partial charge is 0.322 e. The zero-order valence-electron chi connectivity index (χ0n) is 11.0. The molecule has 0 saturated carbocycles. The van der Waals surface area contributed by atoms with Gasteiger partial charge < -0.3 is 20.5 Å². The molecule has 0 aliphatic carbocycles. The summed E-state index contributed by atoms with van der Waals surface area (Å²) in [5, 5.41) is 8.79. The molecular weight excluding hydrogens is 232 g/mol.